The van der Waals surface area contributed by atoms with Crippen LogP contribution >= 0.6 is 0 Å². The van der Waals surface area contributed by atoms with Crippen LogP contribution in [0, 0.1) is 29.9 Å². The third-order valence-corrected chi connectivity index (χ3v) is 3.01. The minimum Gasteiger partial charge on any atom is -0.326 e. The SMILES string of the molecule is Cc1ccc(C#N)cc1NC(=O)Cc1ccc(F)cc1F. The number of hydrogen-bond acceptors (Lipinski definition) is 2. The molecule has 1 amide bonds. The highest BCUT2D eigenvalue weighted by molar-refractivity contribution is 5.93. The smallest absolute Gasteiger partial charge is 0.228 e. The van der Waals surface area contributed by atoms with Crippen molar-refractivity contribution in [3.8, 4) is 6.07 Å². The zero-order valence-electron chi connectivity index (χ0n) is 11.3. The summed E-state index contributed by atoms with van der Waals surface area (Å²) in [7, 11) is 0. The Morgan fingerprint density at radius 3 is 2.67 bits per heavy atom. The summed E-state index contributed by atoms with van der Waals surface area (Å²) in [5.74, 6) is -1.87. The number of benzene rings is 2. The molecule has 0 bridgehead atoms. The number of rotatable bonds is 3. The third kappa shape index (κ3) is 3.63. The first-order valence-electron chi connectivity index (χ1n) is 6.24. The standard InChI is InChI=1S/C16H12F2N2O/c1-10-2-3-11(9-19)6-15(10)20-16(21)7-12-4-5-13(17)8-14(12)18/h2-6,8H,7H2,1H3,(H,20,21). The van der Waals surface area contributed by atoms with Gasteiger partial charge in [0.1, 0.15) is 11.6 Å². The van der Waals surface area contributed by atoms with Crippen LogP contribution in [0.1, 0.15) is 16.7 Å². The van der Waals surface area contributed by atoms with Crippen LogP contribution in [0.15, 0.2) is 36.4 Å². The number of anilines is 1. The summed E-state index contributed by atoms with van der Waals surface area (Å²) in [5, 5.41) is 11.5. The van der Waals surface area contributed by atoms with E-state index in [2.05, 4.69) is 5.32 Å². The lowest BCUT2D eigenvalue weighted by Crippen LogP contribution is -2.16. The lowest BCUT2D eigenvalue weighted by atomic mass is 10.1. The van der Waals surface area contributed by atoms with Crippen molar-refractivity contribution in [3.63, 3.8) is 0 Å². The van der Waals surface area contributed by atoms with Crippen LogP contribution in [0.2, 0.25) is 0 Å². The highest BCUT2D eigenvalue weighted by atomic mass is 19.1. The molecule has 0 radical (unpaired) electrons. The number of aryl methyl sites for hydroxylation is 1. The van der Waals surface area contributed by atoms with Crippen LogP contribution in [0.4, 0.5) is 14.5 Å². The summed E-state index contributed by atoms with van der Waals surface area (Å²) in [4.78, 5) is 11.9. The Bertz CT molecular complexity index is 736. The van der Waals surface area contributed by atoms with E-state index in [-0.39, 0.29) is 12.0 Å². The van der Waals surface area contributed by atoms with Gasteiger partial charge < -0.3 is 5.32 Å². The van der Waals surface area contributed by atoms with E-state index in [4.69, 9.17) is 5.26 Å². The van der Waals surface area contributed by atoms with Crippen molar-refractivity contribution in [2.45, 2.75) is 13.3 Å². The van der Waals surface area contributed by atoms with Crippen molar-refractivity contribution >= 4 is 11.6 Å². The lowest BCUT2D eigenvalue weighted by Gasteiger charge is -2.09. The van der Waals surface area contributed by atoms with E-state index in [1.165, 1.54) is 6.07 Å². The summed E-state index contributed by atoms with van der Waals surface area (Å²) < 4.78 is 26.3. The Kier molecular flexibility index (Phi) is 4.29. The van der Waals surface area contributed by atoms with Gasteiger partial charge >= 0.3 is 0 Å². The summed E-state index contributed by atoms with van der Waals surface area (Å²) in [5.41, 5.74) is 1.83. The fraction of sp³-hybridized carbons (Fsp3) is 0.125. The largest absolute Gasteiger partial charge is 0.326 e. The Hall–Kier alpha value is -2.74. The zero-order valence-corrected chi connectivity index (χ0v) is 11.3. The van der Waals surface area contributed by atoms with E-state index in [0.29, 0.717) is 11.3 Å². The van der Waals surface area contributed by atoms with E-state index in [1.54, 1.807) is 25.1 Å². The van der Waals surface area contributed by atoms with Crippen LogP contribution in [0.3, 0.4) is 0 Å². The second-order valence-electron chi connectivity index (χ2n) is 4.60. The number of nitrogens with one attached hydrogen (secondary N) is 1. The molecule has 0 spiro atoms. The topological polar surface area (TPSA) is 52.9 Å². The molecular formula is C16H12F2N2O. The van der Waals surface area contributed by atoms with Crippen LogP contribution in [-0.2, 0) is 11.2 Å². The number of carbonyl (C=O) groups excluding carboxylic acids is 1. The molecule has 2 rings (SSSR count). The first-order chi connectivity index (χ1) is 9.99. The summed E-state index contributed by atoms with van der Waals surface area (Å²) >= 11 is 0. The second-order valence-corrected chi connectivity index (χ2v) is 4.60. The molecule has 1 N–H and O–H groups in total. The van der Waals surface area contributed by atoms with Gasteiger partial charge in [-0.2, -0.15) is 5.26 Å². The van der Waals surface area contributed by atoms with E-state index in [0.717, 1.165) is 17.7 Å². The highest BCUT2D eigenvalue weighted by Gasteiger charge is 2.11. The quantitative estimate of drug-likeness (QED) is 0.941. The van der Waals surface area contributed by atoms with Crippen molar-refractivity contribution in [1.82, 2.24) is 0 Å². The predicted octanol–water partition coefficient (Wildman–Crippen LogP) is 3.33. The Balaban J connectivity index is 2.13. The number of carbonyl (C=O) groups is 1. The van der Waals surface area contributed by atoms with E-state index < -0.39 is 17.5 Å². The summed E-state index contributed by atoms with van der Waals surface area (Å²) in [6, 6.07) is 9.97. The average molecular weight is 286 g/mol. The molecule has 2 aromatic rings. The molecule has 21 heavy (non-hydrogen) atoms. The maximum Gasteiger partial charge on any atom is 0.228 e. The van der Waals surface area contributed by atoms with E-state index in [9.17, 15) is 13.6 Å². The molecule has 0 aliphatic heterocycles. The number of amides is 1. The molecule has 106 valence electrons. The summed E-state index contributed by atoms with van der Waals surface area (Å²) in [6.07, 6.45) is -0.206. The van der Waals surface area contributed by atoms with Crippen molar-refractivity contribution in [2.75, 3.05) is 5.32 Å². The van der Waals surface area contributed by atoms with Crippen LogP contribution in [-0.4, -0.2) is 5.91 Å². The van der Waals surface area contributed by atoms with Crippen molar-refractivity contribution in [3.05, 3.63) is 64.7 Å². The molecule has 0 atom stereocenters. The van der Waals surface area contributed by atoms with Gasteiger partial charge in [0.2, 0.25) is 5.91 Å². The number of nitrogens with zero attached hydrogens (tertiary/aromatic N) is 1. The lowest BCUT2D eigenvalue weighted by molar-refractivity contribution is -0.115. The first kappa shape index (κ1) is 14.7. The highest BCUT2D eigenvalue weighted by Crippen LogP contribution is 2.17. The van der Waals surface area contributed by atoms with Crippen molar-refractivity contribution < 1.29 is 13.6 Å². The minimum atomic E-state index is -0.757. The molecule has 0 saturated carbocycles. The molecule has 0 saturated heterocycles. The molecule has 0 fully saturated rings. The molecule has 2 aromatic carbocycles. The molecule has 0 heterocycles. The van der Waals surface area contributed by atoms with Gasteiger partial charge in [-0.05, 0) is 36.2 Å². The van der Waals surface area contributed by atoms with Crippen LogP contribution in [0.5, 0.6) is 0 Å². The monoisotopic (exact) mass is 286 g/mol. The maximum absolute atomic E-state index is 13.5. The van der Waals surface area contributed by atoms with Gasteiger partial charge in [0.25, 0.3) is 0 Å². The number of nitriles is 1. The Labute approximate surface area is 120 Å². The van der Waals surface area contributed by atoms with Crippen molar-refractivity contribution in [1.29, 1.82) is 5.26 Å². The predicted molar refractivity (Wildman–Crippen MR) is 74.6 cm³/mol. The van der Waals surface area contributed by atoms with Gasteiger partial charge in [-0.25, -0.2) is 8.78 Å². The molecule has 0 aliphatic rings. The number of hydrogen-bond donors (Lipinski definition) is 1. The Morgan fingerprint density at radius 2 is 2.00 bits per heavy atom. The molecule has 3 nitrogen and oxygen atoms in total. The maximum atomic E-state index is 13.5. The normalized spacial score (nSPS) is 10.0. The van der Waals surface area contributed by atoms with Gasteiger partial charge in [0.15, 0.2) is 0 Å². The fourth-order valence-corrected chi connectivity index (χ4v) is 1.86. The summed E-state index contributed by atoms with van der Waals surface area (Å²) in [6.45, 7) is 1.79. The molecule has 0 aliphatic carbocycles. The van der Waals surface area contributed by atoms with Gasteiger partial charge in [-0.15, -0.1) is 0 Å². The van der Waals surface area contributed by atoms with Crippen LogP contribution < -0.4 is 5.32 Å². The van der Waals surface area contributed by atoms with Gasteiger partial charge in [-0.3, -0.25) is 4.79 Å². The zero-order chi connectivity index (χ0) is 15.4. The minimum absolute atomic E-state index is 0.114. The average Bonchev–Trinajstić information content (AvgIpc) is 2.44. The van der Waals surface area contributed by atoms with E-state index in [1.807, 2.05) is 6.07 Å². The molecule has 0 unspecified atom stereocenters. The fourth-order valence-electron chi connectivity index (χ4n) is 1.86. The second kappa shape index (κ2) is 6.14. The first-order valence-corrected chi connectivity index (χ1v) is 6.24. The Morgan fingerprint density at radius 1 is 1.24 bits per heavy atom. The van der Waals surface area contributed by atoms with Crippen molar-refractivity contribution in [2.24, 2.45) is 0 Å². The number of halogens is 2. The molecular weight excluding hydrogens is 274 g/mol. The van der Waals surface area contributed by atoms with Gasteiger partial charge in [-0.1, -0.05) is 12.1 Å². The third-order valence-electron chi connectivity index (χ3n) is 3.01. The molecule has 5 heteroatoms. The van der Waals surface area contributed by atoms with E-state index >= 15 is 0 Å². The van der Waals surface area contributed by atoms with Crippen LogP contribution in [0.25, 0.3) is 0 Å². The molecule has 0 aromatic heterocycles. The van der Waals surface area contributed by atoms with Gasteiger partial charge in [0, 0.05) is 11.8 Å². The van der Waals surface area contributed by atoms with Gasteiger partial charge in [0.05, 0.1) is 18.1 Å².